The van der Waals surface area contributed by atoms with Crippen molar-refractivity contribution in [3.63, 3.8) is 0 Å². The standard InChI is InChI=1S/C19H21N3O4S/c1-2-13-6-3-4-7-15(13)22-19(24)17-9-5-8-16(21-17)18(23)20-14-10-11-27(25,26)12-14/h3-9,14H,2,10-12H2,1H3,(H,20,23)(H,22,24). The molecule has 1 aromatic carbocycles. The summed E-state index contributed by atoms with van der Waals surface area (Å²) < 4.78 is 23.0. The molecule has 1 saturated heterocycles. The Morgan fingerprint density at radius 2 is 1.78 bits per heavy atom. The fourth-order valence-electron chi connectivity index (χ4n) is 2.99. The van der Waals surface area contributed by atoms with Crippen molar-refractivity contribution < 1.29 is 18.0 Å². The number of aryl methyl sites for hydroxylation is 1. The van der Waals surface area contributed by atoms with Gasteiger partial charge in [0.25, 0.3) is 11.8 Å². The SMILES string of the molecule is CCc1ccccc1NC(=O)c1cccc(C(=O)NC2CCS(=O)(=O)C2)n1. The van der Waals surface area contributed by atoms with Crippen LogP contribution in [0.25, 0.3) is 0 Å². The Hall–Kier alpha value is -2.74. The second-order valence-electron chi connectivity index (χ2n) is 6.45. The number of nitrogens with one attached hydrogen (secondary N) is 2. The van der Waals surface area contributed by atoms with Crippen LogP contribution >= 0.6 is 0 Å². The van der Waals surface area contributed by atoms with Gasteiger partial charge in [-0.3, -0.25) is 9.59 Å². The van der Waals surface area contributed by atoms with Gasteiger partial charge in [-0.1, -0.05) is 31.2 Å². The van der Waals surface area contributed by atoms with E-state index in [1.165, 1.54) is 12.1 Å². The number of carbonyl (C=O) groups is 2. The van der Waals surface area contributed by atoms with Gasteiger partial charge in [0.1, 0.15) is 11.4 Å². The number of benzene rings is 1. The normalized spacial score (nSPS) is 18.0. The summed E-state index contributed by atoms with van der Waals surface area (Å²) in [5, 5.41) is 5.49. The van der Waals surface area contributed by atoms with E-state index < -0.39 is 27.7 Å². The maximum absolute atomic E-state index is 12.5. The van der Waals surface area contributed by atoms with E-state index in [0.29, 0.717) is 12.1 Å². The number of nitrogens with zero attached hydrogens (tertiary/aromatic N) is 1. The van der Waals surface area contributed by atoms with Gasteiger partial charge in [-0.25, -0.2) is 13.4 Å². The zero-order valence-corrected chi connectivity index (χ0v) is 15.8. The third kappa shape index (κ3) is 4.71. The highest BCUT2D eigenvalue weighted by molar-refractivity contribution is 7.91. The Morgan fingerprint density at radius 3 is 2.44 bits per heavy atom. The number of rotatable bonds is 5. The molecular weight excluding hydrogens is 366 g/mol. The van der Waals surface area contributed by atoms with E-state index in [-0.39, 0.29) is 22.9 Å². The summed E-state index contributed by atoms with van der Waals surface area (Å²) in [5.74, 6) is -0.883. The first-order valence-electron chi connectivity index (χ1n) is 8.75. The molecule has 1 fully saturated rings. The van der Waals surface area contributed by atoms with Crippen molar-refractivity contribution in [2.45, 2.75) is 25.8 Å². The number of carbonyl (C=O) groups excluding carboxylic acids is 2. The molecule has 27 heavy (non-hydrogen) atoms. The fraction of sp³-hybridized carbons (Fsp3) is 0.316. The van der Waals surface area contributed by atoms with Crippen LogP contribution in [0, 0.1) is 0 Å². The maximum Gasteiger partial charge on any atom is 0.274 e. The molecular formula is C19H21N3O4S. The van der Waals surface area contributed by atoms with Crippen molar-refractivity contribution in [2.75, 3.05) is 16.8 Å². The molecule has 1 unspecified atom stereocenters. The van der Waals surface area contributed by atoms with Crippen molar-refractivity contribution in [3.8, 4) is 0 Å². The van der Waals surface area contributed by atoms with Crippen LogP contribution in [0.2, 0.25) is 0 Å². The zero-order valence-electron chi connectivity index (χ0n) is 14.9. The molecule has 1 aliphatic heterocycles. The van der Waals surface area contributed by atoms with Crippen LogP contribution in [0.3, 0.4) is 0 Å². The third-order valence-electron chi connectivity index (χ3n) is 4.43. The molecule has 3 rings (SSSR count). The van der Waals surface area contributed by atoms with Gasteiger partial charge in [0.05, 0.1) is 11.5 Å². The Balaban J connectivity index is 1.71. The number of hydrogen-bond donors (Lipinski definition) is 2. The molecule has 1 atom stereocenters. The number of para-hydroxylation sites is 1. The number of amides is 2. The molecule has 0 spiro atoms. The minimum Gasteiger partial charge on any atom is -0.347 e. The third-order valence-corrected chi connectivity index (χ3v) is 6.20. The van der Waals surface area contributed by atoms with Crippen LogP contribution in [0.15, 0.2) is 42.5 Å². The second-order valence-corrected chi connectivity index (χ2v) is 8.68. The smallest absolute Gasteiger partial charge is 0.274 e. The van der Waals surface area contributed by atoms with Gasteiger partial charge >= 0.3 is 0 Å². The average molecular weight is 387 g/mol. The Bertz CT molecular complexity index is 972. The van der Waals surface area contributed by atoms with Crippen LogP contribution < -0.4 is 10.6 Å². The van der Waals surface area contributed by atoms with Gasteiger partial charge in [-0.2, -0.15) is 0 Å². The lowest BCUT2D eigenvalue weighted by Gasteiger charge is -2.12. The van der Waals surface area contributed by atoms with Gasteiger partial charge in [0.2, 0.25) is 0 Å². The molecule has 2 heterocycles. The first kappa shape index (κ1) is 19.0. The molecule has 0 bridgehead atoms. The highest BCUT2D eigenvalue weighted by atomic mass is 32.2. The van der Waals surface area contributed by atoms with E-state index in [4.69, 9.17) is 0 Å². The van der Waals surface area contributed by atoms with Gasteiger partial charge in [-0.15, -0.1) is 0 Å². The number of sulfone groups is 1. The van der Waals surface area contributed by atoms with Crippen LogP contribution in [-0.4, -0.2) is 42.8 Å². The Morgan fingerprint density at radius 1 is 1.07 bits per heavy atom. The molecule has 2 N–H and O–H groups in total. The Labute approximate surface area is 158 Å². The topological polar surface area (TPSA) is 105 Å². The minimum atomic E-state index is -3.09. The molecule has 0 saturated carbocycles. The predicted molar refractivity (Wildman–Crippen MR) is 103 cm³/mol. The largest absolute Gasteiger partial charge is 0.347 e. The van der Waals surface area contributed by atoms with Crippen molar-refractivity contribution in [2.24, 2.45) is 0 Å². The minimum absolute atomic E-state index is 0.0628. The summed E-state index contributed by atoms with van der Waals surface area (Å²) in [6.07, 6.45) is 1.17. The van der Waals surface area contributed by atoms with Crippen LogP contribution in [0.1, 0.15) is 39.9 Å². The summed E-state index contributed by atoms with van der Waals surface area (Å²) in [6, 6.07) is 11.7. The van der Waals surface area contributed by atoms with Crippen molar-refractivity contribution in [1.82, 2.24) is 10.3 Å². The molecule has 0 aliphatic carbocycles. The molecule has 7 nitrogen and oxygen atoms in total. The zero-order chi connectivity index (χ0) is 19.4. The highest BCUT2D eigenvalue weighted by Crippen LogP contribution is 2.16. The summed E-state index contributed by atoms with van der Waals surface area (Å²) >= 11 is 0. The van der Waals surface area contributed by atoms with E-state index in [9.17, 15) is 18.0 Å². The maximum atomic E-state index is 12.5. The van der Waals surface area contributed by atoms with Crippen LogP contribution in [0.4, 0.5) is 5.69 Å². The van der Waals surface area contributed by atoms with Crippen molar-refractivity contribution in [3.05, 3.63) is 59.4 Å². The summed E-state index contributed by atoms with van der Waals surface area (Å²) in [7, 11) is -3.09. The first-order valence-corrected chi connectivity index (χ1v) is 10.6. The molecule has 1 aliphatic rings. The van der Waals surface area contributed by atoms with Crippen molar-refractivity contribution in [1.29, 1.82) is 0 Å². The van der Waals surface area contributed by atoms with Gasteiger partial charge < -0.3 is 10.6 Å². The lowest BCUT2D eigenvalue weighted by atomic mass is 10.1. The highest BCUT2D eigenvalue weighted by Gasteiger charge is 2.29. The number of hydrogen-bond acceptors (Lipinski definition) is 5. The van der Waals surface area contributed by atoms with E-state index in [1.807, 2.05) is 31.2 Å². The van der Waals surface area contributed by atoms with Gasteiger partial charge in [0, 0.05) is 11.7 Å². The molecule has 142 valence electrons. The Kier molecular flexibility index (Phi) is 5.55. The molecule has 1 aromatic heterocycles. The number of pyridine rings is 1. The van der Waals surface area contributed by atoms with Crippen LogP contribution in [-0.2, 0) is 16.3 Å². The van der Waals surface area contributed by atoms with E-state index in [1.54, 1.807) is 6.07 Å². The lowest BCUT2D eigenvalue weighted by molar-refractivity contribution is 0.0936. The number of aromatic nitrogens is 1. The number of anilines is 1. The quantitative estimate of drug-likeness (QED) is 0.814. The van der Waals surface area contributed by atoms with Gasteiger partial charge in [-0.05, 0) is 36.6 Å². The van der Waals surface area contributed by atoms with Gasteiger partial charge in [0.15, 0.2) is 9.84 Å². The van der Waals surface area contributed by atoms with E-state index in [2.05, 4.69) is 15.6 Å². The fourth-order valence-corrected chi connectivity index (χ4v) is 4.67. The monoisotopic (exact) mass is 387 g/mol. The van der Waals surface area contributed by atoms with Crippen molar-refractivity contribution >= 4 is 27.3 Å². The molecule has 2 amide bonds. The predicted octanol–water partition coefficient (Wildman–Crippen LogP) is 1.81. The first-order chi connectivity index (χ1) is 12.9. The van der Waals surface area contributed by atoms with Crippen LogP contribution in [0.5, 0.6) is 0 Å². The summed E-state index contributed by atoms with van der Waals surface area (Å²) in [5.41, 5.74) is 1.91. The molecule has 0 radical (unpaired) electrons. The van der Waals surface area contributed by atoms with E-state index >= 15 is 0 Å². The second kappa shape index (κ2) is 7.87. The average Bonchev–Trinajstić information content (AvgIpc) is 3.00. The van der Waals surface area contributed by atoms with E-state index in [0.717, 1.165) is 12.0 Å². The lowest BCUT2D eigenvalue weighted by Crippen LogP contribution is -2.36. The summed E-state index contributed by atoms with van der Waals surface area (Å²) in [4.78, 5) is 29.0. The summed E-state index contributed by atoms with van der Waals surface area (Å²) in [6.45, 7) is 2.00. The molecule has 8 heteroatoms. The molecule has 2 aromatic rings.